The summed E-state index contributed by atoms with van der Waals surface area (Å²) in [6, 6.07) is 6.75. The van der Waals surface area contributed by atoms with Gasteiger partial charge in [0, 0.05) is 44.6 Å². The predicted molar refractivity (Wildman–Crippen MR) is 106 cm³/mol. The number of nitrogens with zero attached hydrogens (tertiary/aromatic N) is 3. The molecule has 0 radical (unpaired) electrons. The van der Waals surface area contributed by atoms with Crippen LogP contribution in [0.15, 0.2) is 41.7 Å². The number of benzene rings is 1. The van der Waals surface area contributed by atoms with Crippen LogP contribution in [0.5, 0.6) is 0 Å². The SMILES string of the molecule is CN=C(NCCCCn1ccnc1C)NCc1ccccc1F.I. The zero-order valence-electron chi connectivity index (χ0n) is 14.1. The Kier molecular flexibility index (Phi) is 9.36. The lowest BCUT2D eigenvalue weighted by Crippen LogP contribution is -2.37. The Morgan fingerprint density at radius 2 is 2.04 bits per heavy atom. The van der Waals surface area contributed by atoms with Gasteiger partial charge in [-0.15, -0.1) is 24.0 Å². The van der Waals surface area contributed by atoms with Gasteiger partial charge < -0.3 is 15.2 Å². The lowest BCUT2D eigenvalue weighted by atomic mass is 10.2. The Balaban J connectivity index is 0.00000288. The number of hydrogen-bond donors (Lipinski definition) is 2. The Labute approximate surface area is 159 Å². The van der Waals surface area contributed by atoms with E-state index in [1.165, 1.54) is 6.07 Å². The molecule has 0 aliphatic heterocycles. The number of aryl methyl sites for hydroxylation is 2. The fourth-order valence-corrected chi connectivity index (χ4v) is 2.30. The highest BCUT2D eigenvalue weighted by Gasteiger charge is 2.02. The van der Waals surface area contributed by atoms with Gasteiger partial charge in [0.15, 0.2) is 5.96 Å². The summed E-state index contributed by atoms with van der Waals surface area (Å²) in [7, 11) is 1.71. The number of nitrogens with one attached hydrogen (secondary N) is 2. The number of guanidine groups is 1. The average Bonchev–Trinajstić information content (AvgIpc) is 2.96. The third-order valence-corrected chi connectivity index (χ3v) is 3.67. The minimum atomic E-state index is -0.203. The van der Waals surface area contributed by atoms with Crippen molar-refractivity contribution in [3.8, 4) is 0 Å². The van der Waals surface area contributed by atoms with Crippen LogP contribution in [0.25, 0.3) is 0 Å². The van der Waals surface area contributed by atoms with Crippen molar-refractivity contribution in [2.45, 2.75) is 32.9 Å². The van der Waals surface area contributed by atoms with Gasteiger partial charge in [0.1, 0.15) is 11.6 Å². The number of aliphatic imine (C=N–C) groups is 1. The first kappa shape index (κ1) is 20.4. The fraction of sp³-hybridized carbons (Fsp3) is 0.412. The first-order valence-corrected chi connectivity index (χ1v) is 7.86. The summed E-state index contributed by atoms with van der Waals surface area (Å²) in [5.74, 6) is 1.53. The molecule has 1 aromatic carbocycles. The zero-order chi connectivity index (χ0) is 16.5. The van der Waals surface area contributed by atoms with Crippen molar-refractivity contribution in [3.63, 3.8) is 0 Å². The van der Waals surface area contributed by atoms with Crippen molar-refractivity contribution in [1.29, 1.82) is 0 Å². The molecular formula is C17H25FIN5. The van der Waals surface area contributed by atoms with Crippen molar-refractivity contribution >= 4 is 29.9 Å². The van der Waals surface area contributed by atoms with E-state index in [1.807, 2.05) is 25.4 Å². The van der Waals surface area contributed by atoms with E-state index in [0.29, 0.717) is 18.1 Å². The van der Waals surface area contributed by atoms with Gasteiger partial charge in [-0.25, -0.2) is 9.37 Å². The molecule has 0 aliphatic rings. The highest BCUT2D eigenvalue weighted by atomic mass is 127. The normalized spacial score (nSPS) is 11.0. The number of hydrogen-bond acceptors (Lipinski definition) is 2. The Morgan fingerprint density at radius 3 is 2.71 bits per heavy atom. The van der Waals surface area contributed by atoms with Crippen LogP contribution < -0.4 is 10.6 Å². The van der Waals surface area contributed by atoms with Crippen molar-refractivity contribution in [3.05, 3.63) is 53.9 Å². The van der Waals surface area contributed by atoms with Gasteiger partial charge in [-0.2, -0.15) is 0 Å². The molecule has 0 amide bonds. The van der Waals surface area contributed by atoms with E-state index < -0.39 is 0 Å². The molecule has 0 spiro atoms. The molecule has 2 N–H and O–H groups in total. The number of imidazole rings is 1. The molecule has 0 atom stereocenters. The molecule has 1 aromatic heterocycles. The molecule has 132 valence electrons. The van der Waals surface area contributed by atoms with Crippen molar-refractivity contribution in [1.82, 2.24) is 20.2 Å². The lowest BCUT2D eigenvalue weighted by molar-refractivity contribution is 0.586. The second-order valence-corrected chi connectivity index (χ2v) is 5.32. The van der Waals surface area contributed by atoms with E-state index in [0.717, 1.165) is 31.8 Å². The van der Waals surface area contributed by atoms with E-state index in [2.05, 4.69) is 25.2 Å². The van der Waals surface area contributed by atoms with Gasteiger partial charge in [-0.05, 0) is 25.8 Å². The molecule has 0 saturated carbocycles. The van der Waals surface area contributed by atoms with Gasteiger partial charge in [-0.3, -0.25) is 4.99 Å². The molecule has 24 heavy (non-hydrogen) atoms. The minimum Gasteiger partial charge on any atom is -0.356 e. The standard InChI is InChI=1S/C17H24FN5.HI/c1-14-20-10-12-23(14)11-6-5-9-21-17(19-2)22-13-15-7-3-4-8-16(15)18;/h3-4,7-8,10,12H,5-6,9,11,13H2,1-2H3,(H2,19,21,22);1H. The number of halogens is 2. The van der Waals surface area contributed by atoms with Crippen LogP contribution in [0.1, 0.15) is 24.2 Å². The maximum atomic E-state index is 13.6. The second kappa shape index (κ2) is 11.0. The molecule has 1 heterocycles. The summed E-state index contributed by atoms with van der Waals surface area (Å²) in [6.45, 7) is 4.22. The van der Waals surface area contributed by atoms with E-state index in [1.54, 1.807) is 19.2 Å². The Bertz CT molecular complexity index is 641. The molecule has 5 nitrogen and oxygen atoms in total. The highest BCUT2D eigenvalue weighted by molar-refractivity contribution is 14.0. The van der Waals surface area contributed by atoms with Crippen LogP contribution in [0, 0.1) is 12.7 Å². The largest absolute Gasteiger partial charge is 0.356 e. The molecule has 0 unspecified atom stereocenters. The maximum absolute atomic E-state index is 13.6. The van der Waals surface area contributed by atoms with Gasteiger partial charge in [0.25, 0.3) is 0 Å². The van der Waals surface area contributed by atoms with Crippen LogP contribution in [-0.2, 0) is 13.1 Å². The molecule has 7 heteroatoms. The summed E-state index contributed by atoms with van der Waals surface area (Å²) in [5, 5.41) is 6.37. The van der Waals surface area contributed by atoms with E-state index >= 15 is 0 Å². The van der Waals surface area contributed by atoms with Crippen LogP contribution in [0.2, 0.25) is 0 Å². The van der Waals surface area contributed by atoms with Gasteiger partial charge in [0.05, 0.1) is 0 Å². The molecule has 2 rings (SSSR count). The third-order valence-electron chi connectivity index (χ3n) is 3.67. The summed E-state index contributed by atoms with van der Waals surface area (Å²) < 4.78 is 15.7. The molecular weight excluding hydrogens is 420 g/mol. The average molecular weight is 445 g/mol. The summed E-state index contributed by atoms with van der Waals surface area (Å²) >= 11 is 0. The summed E-state index contributed by atoms with van der Waals surface area (Å²) in [6.07, 6.45) is 5.91. The smallest absolute Gasteiger partial charge is 0.191 e. The fourth-order valence-electron chi connectivity index (χ4n) is 2.30. The van der Waals surface area contributed by atoms with E-state index in [9.17, 15) is 4.39 Å². The first-order chi connectivity index (χ1) is 11.2. The summed E-state index contributed by atoms with van der Waals surface area (Å²) in [5.41, 5.74) is 0.631. The Hall–Kier alpha value is -1.64. The van der Waals surface area contributed by atoms with Gasteiger partial charge in [-0.1, -0.05) is 18.2 Å². The topological polar surface area (TPSA) is 54.2 Å². The number of aromatic nitrogens is 2. The molecule has 0 fully saturated rings. The quantitative estimate of drug-likeness (QED) is 0.298. The predicted octanol–water partition coefficient (Wildman–Crippen LogP) is 3.09. The van der Waals surface area contributed by atoms with Crippen molar-refractivity contribution < 1.29 is 4.39 Å². The summed E-state index contributed by atoms with van der Waals surface area (Å²) in [4.78, 5) is 8.36. The molecule has 0 bridgehead atoms. The van der Waals surface area contributed by atoms with Crippen LogP contribution >= 0.6 is 24.0 Å². The minimum absolute atomic E-state index is 0. The van der Waals surface area contributed by atoms with E-state index in [-0.39, 0.29) is 29.8 Å². The zero-order valence-corrected chi connectivity index (χ0v) is 16.5. The van der Waals surface area contributed by atoms with Crippen LogP contribution in [0.4, 0.5) is 4.39 Å². The maximum Gasteiger partial charge on any atom is 0.191 e. The second-order valence-electron chi connectivity index (χ2n) is 5.32. The number of rotatable bonds is 7. The van der Waals surface area contributed by atoms with Gasteiger partial charge >= 0.3 is 0 Å². The van der Waals surface area contributed by atoms with Crippen LogP contribution in [-0.4, -0.2) is 29.1 Å². The van der Waals surface area contributed by atoms with Crippen LogP contribution in [0.3, 0.4) is 0 Å². The monoisotopic (exact) mass is 445 g/mol. The molecule has 2 aromatic rings. The lowest BCUT2D eigenvalue weighted by Gasteiger charge is -2.12. The molecule has 0 saturated heterocycles. The van der Waals surface area contributed by atoms with Crippen molar-refractivity contribution in [2.75, 3.05) is 13.6 Å². The van der Waals surface area contributed by atoms with Gasteiger partial charge in [0.2, 0.25) is 0 Å². The Morgan fingerprint density at radius 1 is 1.25 bits per heavy atom. The van der Waals surface area contributed by atoms with Crippen molar-refractivity contribution in [2.24, 2.45) is 4.99 Å². The first-order valence-electron chi connectivity index (χ1n) is 7.86. The molecule has 0 aliphatic carbocycles. The third kappa shape index (κ3) is 6.46. The highest BCUT2D eigenvalue weighted by Crippen LogP contribution is 2.05. The number of unbranched alkanes of at least 4 members (excludes halogenated alkanes) is 1. The van der Waals surface area contributed by atoms with E-state index in [4.69, 9.17) is 0 Å².